The van der Waals surface area contributed by atoms with Crippen molar-refractivity contribution in [3.63, 3.8) is 0 Å². The Bertz CT molecular complexity index is 1670. The molecule has 0 radical (unpaired) electrons. The summed E-state index contributed by atoms with van der Waals surface area (Å²) in [7, 11) is 0. The number of benzene rings is 4. The molecule has 0 N–H and O–H groups in total. The average Bonchev–Trinajstić information content (AvgIpc) is 3.46. The lowest BCUT2D eigenvalue weighted by molar-refractivity contribution is 1.50. The van der Waals surface area contributed by atoms with Gasteiger partial charge >= 0.3 is 0 Å². The summed E-state index contributed by atoms with van der Waals surface area (Å²) in [6.45, 7) is 8.00. The van der Waals surface area contributed by atoms with E-state index in [-0.39, 0.29) is 0 Å². The van der Waals surface area contributed by atoms with Gasteiger partial charge in [-0.15, -0.1) is 34.0 Å². The van der Waals surface area contributed by atoms with Crippen LogP contribution in [0.4, 0.5) is 0 Å². The lowest BCUT2D eigenvalue weighted by Gasteiger charge is -1.97. The Labute approximate surface area is 194 Å². The van der Waals surface area contributed by atoms with Gasteiger partial charge in [-0.05, 0) is 45.8 Å². The van der Waals surface area contributed by atoms with Crippen LogP contribution in [0.1, 0.15) is 27.7 Å². The summed E-state index contributed by atoms with van der Waals surface area (Å²) in [6, 6.07) is 26.8. The maximum Gasteiger partial charge on any atom is 0.0898 e. The van der Waals surface area contributed by atoms with Gasteiger partial charge in [0.25, 0.3) is 0 Å². The van der Waals surface area contributed by atoms with Gasteiger partial charge in [0.05, 0.1) is 13.4 Å². The molecule has 3 heterocycles. The Morgan fingerprint density at radius 2 is 0.968 bits per heavy atom. The third-order valence-corrected chi connectivity index (χ3v) is 9.22. The van der Waals surface area contributed by atoms with Crippen LogP contribution in [0, 0.1) is 0 Å². The maximum absolute atomic E-state index is 2.39. The van der Waals surface area contributed by atoms with Gasteiger partial charge in [-0.1, -0.05) is 76.2 Å². The van der Waals surface area contributed by atoms with Crippen LogP contribution < -0.4 is 0 Å². The highest BCUT2D eigenvalue weighted by molar-refractivity contribution is 7.47. The van der Waals surface area contributed by atoms with Gasteiger partial charge in [-0.25, -0.2) is 0 Å². The van der Waals surface area contributed by atoms with Crippen molar-refractivity contribution < 1.29 is 0 Å². The molecular weight excluding hydrogens is 433 g/mol. The quantitative estimate of drug-likeness (QED) is 0.213. The first kappa shape index (κ1) is 20.4. The normalized spacial score (nSPS) is 11.2. The van der Waals surface area contributed by atoms with E-state index in [1.54, 1.807) is 0 Å². The number of rotatable bonds is 0. The Balaban J connectivity index is 0.000000485. The molecule has 0 aliphatic carbocycles. The largest absolute Gasteiger partial charge is 0.134 e. The predicted molar refractivity (Wildman–Crippen MR) is 148 cm³/mol. The van der Waals surface area contributed by atoms with Crippen LogP contribution >= 0.6 is 34.0 Å². The Hall–Kier alpha value is -2.46. The van der Waals surface area contributed by atoms with Crippen LogP contribution in [0.5, 0.6) is 0 Å². The van der Waals surface area contributed by atoms with E-state index in [4.69, 9.17) is 0 Å². The topological polar surface area (TPSA) is 0 Å². The van der Waals surface area contributed by atoms with Crippen molar-refractivity contribution in [1.82, 2.24) is 0 Å². The van der Waals surface area contributed by atoms with Crippen LogP contribution in [0.15, 0.2) is 72.8 Å². The predicted octanol–water partition coefficient (Wildman–Crippen LogP) is 10.8. The lowest BCUT2D eigenvalue weighted by atomic mass is 10.1. The molecule has 154 valence electrons. The molecule has 0 aliphatic heterocycles. The van der Waals surface area contributed by atoms with Crippen molar-refractivity contribution in [2.45, 2.75) is 27.7 Å². The van der Waals surface area contributed by atoms with Crippen LogP contribution in [0.25, 0.3) is 60.5 Å². The van der Waals surface area contributed by atoms with Crippen LogP contribution in [0.2, 0.25) is 0 Å². The van der Waals surface area contributed by atoms with Gasteiger partial charge in [0.1, 0.15) is 0 Å². The second kappa shape index (κ2) is 8.23. The van der Waals surface area contributed by atoms with E-state index in [0.717, 1.165) is 0 Å². The molecule has 0 aliphatic rings. The minimum absolute atomic E-state index is 1.33. The highest BCUT2D eigenvalue weighted by atomic mass is 32.2. The van der Waals surface area contributed by atoms with Gasteiger partial charge in [0.2, 0.25) is 0 Å². The molecule has 7 aromatic rings. The molecule has 3 aromatic heterocycles. The summed E-state index contributed by atoms with van der Waals surface area (Å²) in [5, 5.41) is 9.61. The fourth-order valence-corrected chi connectivity index (χ4v) is 8.43. The molecular formula is C28H24S3. The summed E-state index contributed by atoms with van der Waals surface area (Å²) in [5.41, 5.74) is 0. The number of thiophene rings is 3. The molecule has 7 rings (SSSR count). The van der Waals surface area contributed by atoms with Crippen molar-refractivity contribution in [2.24, 2.45) is 0 Å². The molecule has 0 bridgehead atoms. The van der Waals surface area contributed by atoms with E-state index in [0.29, 0.717) is 0 Å². The second-order valence-electron chi connectivity index (χ2n) is 7.02. The molecule has 31 heavy (non-hydrogen) atoms. The Morgan fingerprint density at radius 1 is 0.484 bits per heavy atom. The van der Waals surface area contributed by atoms with E-state index in [9.17, 15) is 0 Å². The molecule has 0 amide bonds. The standard InChI is InChI=1S/C24H12S3.2C2H6/c1-3-7-15-11-19-17(9-13(15)5-1)21-23-22(27-24(21)26-19)18-10-14-6-2-4-8-16(14)12-20(18)25-23;2*1-2/h1-12H;2*1-2H3. The van der Waals surface area contributed by atoms with Crippen molar-refractivity contribution in [2.75, 3.05) is 0 Å². The first-order valence-electron chi connectivity index (χ1n) is 10.9. The van der Waals surface area contributed by atoms with Crippen molar-refractivity contribution >= 4 is 94.5 Å². The summed E-state index contributed by atoms with van der Waals surface area (Å²) >= 11 is 5.87. The fourth-order valence-electron chi connectivity index (χ4n) is 4.17. The molecule has 0 unspecified atom stereocenters. The Morgan fingerprint density at radius 3 is 1.55 bits per heavy atom. The second-order valence-corrected chi connectivity index (χ2v) is 10.4. The first-order chi connectivity index (χ1) is 15.3. The number of hydrogen-bond acceptors (Lipinski definition) is 3. The smallest absolute Gasteiger partial charge is 0.0898 e. The van der Waals surface area contributed by atoms with Gasteiger partial charge in [-0.3, -0.25) is 0 Å². The van der Waals surface area contributed by atoms with E-state index >= 15 is 0 Å². The lowest BCUT2D eigenvalue weighted by Crippen LogP contribution is -1.71. The molecule has 3 heteroatoms. The summed E-state index contributed by atoms with van der Waals surface area (Å²) in [5.74, 6) is 0. The van der Waals surface area contributed by atoms with Crippen LogP contribution in [-0.4, -0.2) is 0 Å². The van der Waals surface area contributed by atoms with E-state index in [1.165, 1.54) is 60.5 Å². The van der Waals surface area contributed by atoms with Crippen molar-refractivity contribution in [3.8, 4) is 0 Å². The average molecular weight is 457 g/mol. The summed E-state index contributed by atoms with van der Waals surface area (Å²) in [4.78, 5) is 0. The van der Waals surface area contributed by atoms with E-state index in [1.807, 2.05) is 61.7 Å². The Kier molecular flexibility index (Phi) is 5.43. The number of fused-ring (bicyclic) bond motifs is 9. The van der Waals surface area contributed by atoms with Gasteiger partial charge < -0.3 is 0 Å². The van der Waals surface area contributed by atoms with Gasteiger partial charge in [-0.2, -0.15) is 0 Å². The minimum atomic E-state index is 1.33. The molecule has 4 aromatic carbocycles. The molecule has 0 fully saturated rings. The SMILES string of the molecule is CC.CC.c1ccc2cc3c(cc2c1)sc1c3sc2sc3cc4ccccc4cc3c21. The summed E-state index contributed by atoms with van der Waals surface area (Å²) in [6.07, 6.45) is 0. The van der Waals surface area contributed by atoms with Crippen molar-refractivity contribution in [3.05, 3.63) is 72.8 Å². The zero-order valence-electron chi connectivity index (χ0n) is 18.2. The van der Waals surface area contributed by atoms with Crippen molar-refractivity contribution in [1.29, 1.82) is 0 Å². The summed E-state index contributed by atoms with van der Waals surface area (Å²) < 4.78 is 7.17. The monoisotopic (exact) mass is 456 g/mol. The zero-order valence-corrected chi connectivity index (χ0v) is 20.6. The highest BCUT2D eigenvalue weighted by Gasteiger charge is 2.17. The van der Waals surface area contributed by atoms with Gasteiger partial charge in [0.15, 0.2) is 0 Å². The molecule has 0 nitrogen and oxygen atoms in total. The minimum Gasteiger partial charge on any atom is -0.134 e. The zero-order chi connectivity index (χ0) is 21.5. The third-order valence-electron chi connectivity index (χ3n) is 5.46. The van der Waals surface area contributed by atoms with E-state index in [2.05, 4.69) is 72.8 Å². The molecule has 0 atom stereocenters. The maximum atomic E-state index is 2.39. The third kappa shape index (κ3) is 3.15. The van der Waals surface area contributed by atoms with E-state index < -0.39 is 0 Å². The highest BCUT2D eigenvalue weighted by Crippen LogP contribution is 2.50. The molecule has 0 saturated carbocycles. The van der Waals surface area contributed by atoms with Crippen LogP contribution in [0.3, 0.4) is 0 Å². The first-order valence-corrected chi connectivity index (χ1v) is 13.4. The van der Waals surface area contributed by atoms with Gasteiger partial charge in [0, 0.05) is 25.6 Å². The molecule has 0 spiro atoms. The fraction of sp³-hybridized carbons (Fsp3) is 0.143. The number of hydrogen-bond donors (Lipinski definition) is 0. The molecule has 0 saturated heterocycles. The van der Waals surface area contributed by atoms with Crippen LogP contribution in [-0.2, 0) is 0 Å².